The zero-order valence-electron chi connectivity index (χ0n) is 13.7. The molecule has 0 bridgehead atoms. The lowest BCUT2D eigenvalue weighted by atomic mass is 9.68. The van der Waals surface area contributed by atoms with Crippen LogP contribution in [-0.2, 0) is 0 Å². The maximum absolute atomic E-state index is 3.80. The molecular weight excluding hydrogens is 244 g/mol. The van der Waals surface area contributed by atoms with Crippen LogP contribution in [0.5, 0.6) is 0 Å². The minimum Gasteiger partial charge on any atom is -0.314 e. The molecule has 1 saturated carbocycles. The minimum atomic E-state index is 0.765. The average Bonchev–Trinajstić information content (AvgIpc) is 2.85. The van der Waals surface area contributed by atoms with Gasteiger partial charge in [-0.05, 0) is 82.1 Å². The highest BCUT2D eigenvalue weighted by Gasteiger charge is 2.39. The van der Waals surface area contributed by atoms with Crippen LogP contribution >= 0.6 is 0 Å². The van der Waals surface area contributed by atoms with E-state index in [1.807, 2.05) is 0 Å². The van der Waals surface area contributed by atoms with Crippen molar-refractivity contribution in [2.45, 2.75) is 83.8 Å². The number of rotatable bonds is 3. The molecule has 0 spiro atoms. The van der Waals surface area contributed by atoms with Gasteiger partial charge in [0.1, 0.15) is 0 Å². The fraction of sp³-hybridized carbons (Fsp3) is 1.00. The molecule has 2 heterocycles. The van der Waals surface area contributed by atoms with Crippen LogP contribution in [0.2, 0.25) is 0 Å². The normalized spacial score (nSPS) is 47.0. The molecule has 2 nitrogen and oxygen atoms in total. The van der Waals surface area contributed by atoms with E-state index in [1.54, 1.807) is 0 Å². The molecule has 2 saturated heterocycles. The van der Waals surface area contributed by atoms with Gasteiger partial charge in [0.05, 0.1) is 0 Å². The van der Waals surface area contributed by atoms with E-state index in [9.17, 15) is 0 Å². The molecule has 2 aliphatic heterocycles. The molecule has 0 radical (unpaired) electrons. The molecule has 3 aliphatic rings. The number of hydrogen-bond acceptors (Lipinski definition) is 2. The van der Waals surface area contributed by atoms with Crippen molar-refractivity contribution in [3.63, 3.8) is 0 Å². The van der Waals surface area contributed by atoms with Crippen LogP contribution in [0.15, 0.2) is 0 Å². The summed E-state index contributed by atoms with van der Waals surface area (Å²) >= 11 is 0. The first-order chi connectivity index (χ1) is 9.67. The van der Waals surface area contributed by atoms with E-state index in [0.717, 1.165) is 41.8 Å². The lowest BCUT2D eigenvalue weighted by molar-refractivity contribution is 0.124. The van der Waals surface area contributed by atoms with Crippen molar-refractivity contribution in [1.29, 1.82) is 0 Å². The molecule has 0 aromatic rings. The first kappa shape index (κ1) is 14.8. The molecule has 1 aliphatic carbocycles. The van der Waals surface area contributed by atoms with Crippen LogP contribution in [0.25, 0.3) is 0 Å². The summed E-state index contributed by atoms with van der Waals surface area (Å²) < 4.78 is 0. The van der Waals surface area contributed by atoms with Gasteiger partial charge in [-0.25, -0.2) is 0 Å². The molecule has 116 valence electrons. The molecule has 2 N–H and O–H groups in total. The molecule has 3 rings (SSSR count). The molecule has 3 fully saturated rings. The predicted molar refractivity (Wildman–Crippen MR) is 85.8 cm³/mol. The summed E-state index contributed by atoms with van der Waals surface area (Å²) in [5, 5.41) is 7.58. The van der Waals surface area contributed by atoms with Gasteiger partial charge >= 0.3 is 0 Å². The average molecular weight is 278 g/mol. The topological polar surface area (TPSA) is 24.1 Å². The van der Waals surface area contributed by atoms with Crippen molar-refractivity contribution in [2.75, 3.05) is 6.54 Å². The smallest absolute Gasteiger partial charge is 0.00985 e. The van der Waals surface area contributed by atoms with Crippen molar-refractivity contribution in [1.82, 2.24) is 10.6 Å². The number of nitrogens with one attached hydrogen (secondary N) is 2. The molecule has 0 amide bonds. The van der Waals surface area contributed by atoms with Crippen LogP contribution in [0.1, 0.15) is 65.7 Å². The highest BCUT2D eigenvalue weighted by molar-refractivity contribution is 4.95. The van der Waals surface area contributed by atoms with Crippen LogP contribution in [-0.4, -0.2) is 24.7 Å². The van der Waals surface area contributed by atoms with Gasteiger partial charge in [0, 0.05) is 18.1 Å². The summed E-state index contributed by atoms with van der Waals surface area (Å²) in [6, 6.07) is 2.41. The summed E-state index contributed by atoms with van der Waals surface area (Å²) in [6.45, 7) is 8.51. The van der Waals surface area contributed by atoms with Gasteiger partial charge in [-0.2, -0.15) is 0 Å². The van der Waals surface area contributed by atoms with E-state index in [1.165, 1.54) is 51.5 Å². The van der Waals surface area contributed by atoms with E-state index in [4.69, 9.17) is 0 Å². The van der Waals surface area contributed by atoms with Gasteiger partial charge in [-0.1, -0.05) is 13.8 Å². The van der Waals surface area contributed by atoms with Gasteiger partial charge in [0.15, 0.2) is 0 Å². The van der Waals surface area contributed by atoms with Gasteiger partial charge in [-0.15, -0.1) is 0 Å². The summed E-state index contributed by atoms with van der Waals surface area (Å²) in [7, 11) is 0. The van der Waals surface area contributed by atoms with Crippen LogP contribution in [0.4, 0.5) is 0 Å². The molecule has 7 unspecified atom stereocenters. The Kier molecular flexibility index (Phi) is 4.72. The zero-order valence-corrected chi connectivity index (χ0v) is 13.7. The van der Waals surface area contributed by atoms with Crippen molar-refractivity contribution in [3.8, 4) is 0 Å². The second-order valence-electron chi connectivity index (χ2n) is 7.95. The van der Waals surface area contributed by atoms with E-state index in [2.05, 4.69) is 31.4 Å². The highest BCUT2D eigenvalue weighted by Crippen LogP contribution is 2.42. The van der Waals surface area contributed by atoms with Crippen molar-refractivity contribution in [3.05, 3.63) is 0 Å². The largest absolute Gasteiger partial charge is 0.314 e. The zero-order chi connectivity index (χ0) is 14.1. The van der Waals surface area contributed by atoms with E-state index < -0.39 is 0 Å². The SMILES string of the molecule is CCC1CCC(C(C)C2CCC3NC(C)CC3C2)CN1. The third kappa shape index (κ3) is 3.06. The van der Waals surface area contributed by atoms with E-state index in [-0.39, 0.29) is 0 Å². The third-order valence-electron chi connectivity index (χ3n) is 6.71. The fourth-order valence-corrected chi connectivity index (χ4v) is 5.26. The standard InChI is InChI=1S/C18H34N2/c1-4-17-7-5-15(11-19-17)13(3)14-6-8-18-16(10-14)9-12(2)20-18/h12-20H,4-11H2,1-3H3. The molecule has 0 aromatic carbocycles. The minimum absolute atomic E-state index is 0.765. The van der Waals surface area contributed by atoms with Gasteiger partial charge in [0.2, 0.25) is 0 Å². The van der Waals surface area contributed by atoms with Crippen LogP contribution < -0.4 is 10.6 Å². The van der Waals surface area contributed by atoms with Crippen molar-refractivity contribution >= 4 is 0 Å². The summed E-state index contributed by atoms with van der Waals surface area (Å²) in [6.07, 6.45) is 10.00. The molecule has 7 atom stereocenters. The molecular formula is C18H34N2. The Bertz CT molecular complexity index is 309. The second-order valence-corrected chi connectivity index (χ2v) is 7.95. The Morgan fingerprint density at radius 2 is 1.85 bits per heavy atom. The maximum atomic E-state index is 3.80. The fourth-order valence-electron chi connectivity index (χ4n) is 5.26. The first-order valence-electron chi connectivity index (χ1n) is 9.16. The van der Waals surface area contributed by atoms with Crippen molar-refractivity contribution in [2.24, 2.45) is 23.7 Å². The lowest BCUT2D eigenvalue weighted by Crippen LogP contribution is -2.43. The Balaban J connectivity index is 1.52. The third-order valence-corrected chi connectivity index (χ3v) is 6.71. The Labute approximate surface area is 125 Å². The van der Waals surface area contributed by atoms with Crippen LogP contribution in [0, 0.1) is 23.7 Å². The summed E-state index contributed by atoms with van der Waals surface area (Å²) in [4.78, 5) is 0. The van der Waals surface area contributed by atoms with Crippen LogP contribution in [0.3, 0.4) is 0 Å². The maximum Gasteiger partial charge on any atom is 0.00985 e. The Morgan fingerprint density at radius 1 is 1.05 bits per heavy atom. The Hall–Kier alpha value is -0.0800. The highest BCUT2D eigenvalue weighted by atomic mass is 15.0. The number of piperidine rings is 1. The first-order valence-corrected chi connectivity index (χ1v) is 9.16. The Morgan fingerprint density at radius 3 is 2.55 bits per heavy atom. The van der Waals surface area contributed by atoms with E-state index >= 15 is 0 Å². The quantitative estimate of drug-likeness (QED) is 0.825. The van der Waals surface area contributed by atoms with Gasteiger partial charge in [0.25, 0.3) is 0 Å². The van der Waals surface area contributed by atoms with E-state index in [0.29, 0.717) is 0 Å². The molecule has 0 aromatic heterocycles. The predicted octanol–water partition coefficient (Wildman–Crippen LogP) is 3.57. The van der Waals surface area contributed by atoms with Gasteiger partial charge in [-0.3, -0.25) is 0 Å². The monoisotopic (exact) mass is 278 g/mol. The van der Waals surface area contributed by atoms with Gasteiger partial charge < -0.3 is 10.6 Å². The summed E-state index contributed by atoms with van der Waals surface area (Å²) in [5.74, 6) is 3.84. The number of hydrogen-bond donors (Lipinski definition) is 2. The molecule has 20 heavy (non-hydrogen) atoms. The molecule has 2 heteroatoms. The van der Waals surface area contributed by atoms with Crippen molar-refractivity contribution < 1.29 is 0 Å². The second kappa shape index (κ2) is 6.36. The number of fused-ring (bicyclic) bond motifs is 1. The summed E-state index contributed by atoms with van der Waals surface area (Å²) in [5.41, 5.74) is 0. The lowest BCUT2D eigenvalue weighted by Gasteiger charge is -2.40.